The maximum Gasteiger partial charge on any atom is 0.338 e. The molecule has 148 valence electrons. The highest BCUT2D eigenvalue weighted by molar-refractivity contribution is 5.95. The quantitative estimate of drug-likeness (QED) is 0.739. The Labute approximate surface area is 160 Å². The summed E-state index contributed by atoms with van der Waals surface area (Å²) in [5.74, 6) is 1.13. The van der Waals surface area contributed by atoms with E-state index in [4.69, 9.17) is 14.2 Å². The summed E-state index contributed by atoms with van der Waals surface area (Å²) < 4.78 is 16.2. The van der Waals surface area contributed by atoms with Crippen molar-refractivity contribution in [2.45, 2.75) is 33.2 Å². The second kappa shape index (κ2) is 8.79. The van der Waals surface area contributed by atoms with Gasteiger partial charge in [-0.1, -0.05) is 13.8 Å². The fourth-order valence-corrected chi connectivity index (χ4v) is 2.86. The molecule has 1 atom stereocenters. The highest BCUT2D eigenvalue weighted by atomic mass is 16.5. The monoisotopic (exact) mass is 376 g/mol. The average molecular weight is 376 g/mol. The highest BCUT2D eigenvalue weighted by Crippen LogP contribution is 2.37. The summed E-state index contributed by atoms with van der Waals surface area (Å²) in [6.45, 7) is 6.19. The van der Waals surface area contributed by atoms with Gasteiger partial charge in [0.2, 0.25) is 0 Å². The van der Waals surface area contributed by atoms with E-state index in [-0.39, 0.29) is 6.03 Å². The number of benzene rings is 1. The fraction of sp³-hybridized carbons (Fsp3) is 0.500. The van der Waals surface area contributed by atoms with Crippen molar-refractivity contribution in [2.75, 3.05) is 27.9 Å². The van der Waals surface area contributed by atoms with Gasteiger partial charge >= 0.3 is 12.0 Å². The first-order valence-corrected chi connectivity index (χ1v) is 8.94. The zero-order chi connectivity index (χ0) is 20.1. The van der Waals surface area contributed by atoms with Crippen LogP contribution in [0.5, 0.6) is 11.5 Å². The van der Waals surface area contributed by atoms with Gasteiger partial charge < -0.3 is 24.4 Å². The first-order chi connectivity index (χ1) is 12.8. The smallest absolute Gasteiger partial charge is 0.338 e. The number of nitrogens with one attached hydrogen (secondary N) is 1. The Bertz CT molecular complexity index is 742. The minimum atomic E-state index is -0.690. The van der Waals surface area contributed by atoms with Crippen LogP contribution >= 0.6 is 0 Å². The molecule has 0 unspecified atom stereocenters. The predicted molar refractivity (Wildman–Crippen MR) is 102 cm³/mol. The van der Waals surface area contributed by atoms with Crippen LogP contribution < -0.4 is 14.8 Å². The van der Waals surface area contributed by atoms with Crippen molar-refractivity contribution < 1.29 is 23.8 Å². The molecule has 0 saturated carbocycles. The molecular weight excluding hydrogens is 348 g/mol. The number of hydrogen-bond acceptors (Lipinski definition) is 5. The molecular formula is C20H28N2O5. The zero-order valence-corrected chi connectivity index (χ0v) is 16.8. The Hall–Kier alpha value is -2.70. The third-order valence-electron chi connectivity index (χ3n) is 4.65. The van der Waals surface area contributed by atoms with E-state index < -0.39 is 12.0 Å². The van der Waals surface area contributed by atoms with Crippen LogP contribution in [0.15, 0.2) is 29.5 Å². The van der Waals surface area contributed by atoms with Gasteiger partial charge in [0.25, 0.3) is 0 Å². The van der Waals surface area contributed by atoms with Crippen LogP contribution in [-0.4, -0.2) is 44.8 Å². The van der Waals surface area contributed by atoms with Gasteiger partial charge in [0.05, 0.1) is 32.4 Å². The van der Waals surface area contributed by atoms with Gasteiger partial charge in [0.15, 0.2) is 0 Å². The van der Waals surface area contributed by atoms with Crippen molar-refractivity contribution in [3.05, 3.63) is 35.0 Å². The summed E-state index contributed by atoms with van der Waals surface area (Å²) in [6, 6.07) is 4.27. The third kappa shape index (κ3) is 4.53. The summed E-state index contributed by atoms with van der Waals surface area (Å²) in [4.78, 5) is 26.6. The van der Waals surface area contributed by atoms with Gasteiger partial charge in [-0.25, -0.2) is 9.59 Å². The van der Waals surface area contributed by atoms with Crippen molar-refractivity contribution in [1.82, 2.24) is 10.2 Å². The molecule has 2 amide bonds. The number of urea groups is 1. The van der Waals surface area contributed by atoms with E-state index in [1.165, 1.54) is 4.90 Å². The molecule has 0 saturated heterocycles. The second-order valence-corrected chi connectivity index (χ2v) is 6.87. The third-order valence-corrected chi connectivity index (χ3v) is 4.65. The number of amides is 2. The van der Waals surface area contributed by atoms with Crippen molar-refractivity contribution in [1.29, 1.82) is 0 Å². The Balaban J connectivity index is 2.46. The summed E-state index contributed by atoms with van der Waals surface area (Å²) in [5.41, 5.74) is 1.56. The van der Waals surface area contributed by atoms with Gasteiger partial charge in [0, 0.05) is 18.3 Å². The van der Waals surface area contributed by atoms with Crippen LogP contribution in [0, 0.1) is 5.92 Å². The first-order valence-electron chi connectivity index (χ1n) is 8.94. The van der Waals surface area contributed by atoms with E-state index in [0.29, 0.717) is 40.9 Å². The number of allylic oxidation sites excluding steroid dienone is 1. The van der Waals surface area contributed by atoms with Gasteiger partial charge in [-0.05, 0) is 37.5 Å². The lowest BCUT2D eigenvalue weighted by atomic mass is 9.94. The highest BCUT2D eigenvalue weighted by Gasteiger charge is 2.36. The van der Waals surface area contributed by atoms with Crippen LogP contribution in [0.3, 0.4) is 0 Å². The molecule has 0 aliphatic carbocycles. The van der Waals surface area contributed by atoms with E-state index in [0.717, 1.165) is 6.42 Å². The van der Waals surface area contributed by atoms with Gasteiger partial charge in [-0.3, -0.25) is 0 Å². The molecule has 1 aromatic rings. The van der Waals surface area contributed by atoms with Crippen LogP contribution in [0.1, 0.15) is 38.8 Å². The number of ether oxygens (including phenoxy) is 3. The van der Waals surface area contributed by atoms with Crippen LogP contribution in [0.25, 0.3) is 0 Å². The average Bonchev–Trinajstić information content (AvgIpc) is 2.64. The molecule has 1 N–H and O–H groups in total. The summed E-state index contributed by atoms with van der Waals surface area (Å²) in [7, 11) is 4.71. The number of esters is 1. The van der Waals surface area contributed by atoms with Crippen molar-refractivity contribution in [3.63, 3.8) is 0 Å². The lowest BCUT2D eigenvalue weighted by Crippen LogP contribution is -2.46. The lowest BCUT2D eigenvalue weighted by Gasteiger charge is -2.33. The Morgan fingerprint density at radius 2 is 1.96 bits per heavy atom. The van der Waals surface area contributed by atoms with Crippen molar-refractivity contribution in [2.24, 2.45) is 5.92 Å². The molecule has 0 aromatic heterocycles. The van der Waals surface area contributed by atoms with E-state index in [9.17, 15) is 9.59 Å². The Morgan fingerprint density at radius 3 is 2.56 bits per heavy atom. The molecule has 7 nitrogen and oxygen atoms in total. The van der Waals surface area contributed by atoms with E-state index in [1.54, 1.807) is 46.4 Å². The maximum atomic E-state index is 12.8. The van der Waals surface area contributed by atoms with Gasteiger partial charge in [-0.2, -0.15) is 0 Å². The van der Waals surface area contributed by atoms with Crippen LogP contribution in [0.4, 0.5) is 4.79 Å². The number of methoxy groups -OCH3 is 2. The molecule has 7 heteroatoms. The maximum absolute atomic E-state index is 12.8. The number of hydrogen-bond donors (Lipinski definition) is 1. The Kier molecular flexibility index (Phi) is 6.71. The number of carbonyl (C=O) groups is 2. The first kappa shape index (κ1) is 20.6. The zero-order valence-electron chi connectivity index (χ0n) is 16.8. The second-order valence-electron chi connectivity index (χ2n) is 6.87. The standard InChI is InChI=1S/C20H28N2O5/c1-12(2)9-10-27-19(23)17-13(3)22(4)20(24)21-18(17)15-11-14(25-5)7-8-16(15)26-6/h7-8,11-12,18H,9-10H2,1-6H3,(H,21,24)/t18-/m1/s1. The minimum Gasteiger partial charge on any atom is -0.497 e. The molecule has 1 aromatic carbocycles. The topological polar surface area (TPSA) is 77.1 Å². The van der Waals surface area contributed by atoms with E-state index >= 15 is 0 Å². The SMILES string of the molecule is COc1ccc(OC)c([C@H]2NC(=O)N(C)C(C)=C2C(=O)OCCC(C)C)c1. The minimum absolute atomic E-state index is 0.305. The van der Waals surface area contributed by atoms with Crippen molar-refractivity contribution in [3.8, 4) is 11.5 Å². The van der Waals surface area contributed by atoms with Crippen LogP contribution in [-0.2, 0) is 9.53 Å². The van der Waals surface area contributed by atoms with Crippen LogP contribution in [0.2, 0.25) is 0 Å². The molecule has 1 aliphatic rings. The summed E-state index contributed by atoms with van der Waals surface area (Å²) in [6.07, 6.45) is 0.771. The predicted octanol–water partition coefficient (Wildman–Crippen LogP) is 3.26. The lowest BCUT2D eigenvalue weighted by molar-refractivity contribution is -0.140. The molecule has 27 heavy (non-hydrogen) atoms. The van der Waals surface area contributed by atoms with Gasteiger partial charge in [-0.15, -0.1) is 0 Å². The molecule has 0 radical (unpaired) electrons. The normalized spacial score (nSPS) is 17.1. The number of nitrogens with zero attached hydrogens (tertiary/aromatic N) is 1. The molecule has 0 bridgehead atoms. The summed E-state index contributed by atoms with van der Waals surface area (Å²) in [5, 5.41) is 2.86. The van der Waals surface area contributed by atoms with Crippen molar-refractivity contribution >= 4 is 12.0 Å². The molecule has 0 fully saturated rings. The van der Waals surface area contributed by atoms with E-state index in [2.05, 4.69) is 19.2 Å². The molecule has 2 rings (SSSR count). The largest absolute Gasteiger partial charge is 0.497 e. The Morgan fingerprint density at radius 1 is 1.26 bits per heavy atom. The molecule has 1 aliphatic heterocycles. The summed E-state index contributed by atoms with van der Waals surface area (Å²) >= 11 is 0. The fourth-order valence-electron chi connectivity index (χ4n) is 2.86. The van der Waals surface area contributed by atoms with Gasteiger partial charge in [0.1, 0.15) is 11.5 Å². The van der Waals surface area contributed by atoms with E-state index in [1.807, 2.05) is 0 Å². The molecule has 0 spiro atoms. The number of carbonyl (C=O) groups excluding carboxylic acids is 2. The molecule has 1 heterocycles. The number of rotatable bonds is 7.